The summed E-state index contributed by atoms with van der Waals surface area (Å²) < 4.78 is 18.4. The summed E-state index contributed by atoms with van der Waals surface area (Å²) >= 11 is -2.17. The summed E-state index contributed by atoms with van der Waals surface area (Å²) in [5.41, 5.74) is 2.57. The molecule has 1 aromatic rings. The molecule has 1 saturated heterocycles. The fourth-order valence-electron chi connectivity index (χ4n) is 5.66. The van der Waals surface area contributed by atoms with Crippen LogP contribution in [0.25, 0.3) is 0 Å². The zero-order chi connectivity index (χ0) is 24.3. The second kappa shape index (κ2) is 14.2. The van der Waals surface area contributed by atoms with Crippen LogP contribution in [0.1, 0.15) is 83.3 Å². The van der Waals surface area contributed by atoms with Gasteiger partial charge in [0, 0.05) is 13.1 Å². The molecule has 0 aliphatic carbocycles. The first-order chi connectivity index (χ1) is 16.5. The maximum absolute atomic E-state index is 6.43. The van der Waals surface area contributed by atoms with Crippen molar-refractivity contribution < 1.29 is 9.47 Å². The Hall–Kier alpha value is -0.591. The zero-order valence-corrected chi connectivity index (χ0v) is 25.4. The number of fused-ring (bicyclic) bond motifs is 1. The molecule has 1 spiro atoms. The van der Waals surface area contributed by atoms with E-state index in [9.17, 15) is 0 Å². The number of piperidine rings is 1. The van der Waals surface area contributed by atoms with E-state index < -0.39 is 18.4 Å². The second-order valence-corrected chi connectivity index (χ2v) is 24.7. The molecule has 192 valence electrons. The number of benzene rings is 1. The summed E-state index contributed by atoms with van der Waals surface area (Å²) in [4.78, 5) is 7.12. The summed E-state index contributed by atoms with van der Waals surface area (Å²) in [5.74, 6) is 1.08. The van der Waals surface area contributed by atoms with Crippen molar-refractivity contribution in [1.82, 2.24) is 4.90 Å². The number of nitrogens with zero attached hydrogens (tertiary/aromatic N) is 2. The summed E-state index contributed by atoms with van der Waals surface area (Å²) in [5, 5.41) is 0. The predicted molar refractivity (Wildman–Crippen MR) is 148 cm³/mol. The summed E-state index contributed by atoms with van der Waals surface area (Å²) in [6.45, 7) is 10.8. The average molecular weight is 577 g/mol. The van der Waals surface area contributed by atoms with Gasteiger partial charge >= 0.3 is 189 Å². The SMILES string of the molecule is CCC[CH2][Sn]([CH2]CCC)([CH2]CCC)[CH2]OCC/N=C/c1ccc2c(c1)CC1(CCN(C)CC1)O2. The molecule has 1 fully saturated rings. The Kier molecular flexibility index (Phi) is 11.7. The van der Waals surface area contributed by atoms with Crippen molar-refractivity contribution in [3.8, 4) is 5.75 Å². The van der Waals surface area contributed by atoms with Gasteiger partial charge in [-0.05, 0) is 7.05 Å². The van der Waals surface area contributed by atoms with Crippen LogP contribution in [0, 0.1) is 0 Å². The molecular weight excluding hydrogens is 527 g/mol. The average Bonchev–Trinajstić information content (AvgIpc) is 3.21. The second-order valence-electron chi connectivity index (χ2n) is 11.0. The molecule has 34 heavy (non-hydrogen) atoms. The number of unbranched alkanes of at least 4 members (excludes halogenated alkanes) is 3. The molecule has 0 aromatic heterocycles. The van der Waals surface area contributed by atoms with Crippen LogP contribution in [-0.4, -0.2) is 73.0 Å². The third kappa shape index (κ3) is 8.23. The van der Waals surface area contributed by atoms with Crippen molar-refractivity contribution >= 4 is 24.6 Å². The molecule has 5 heteroatoms. The summed E-state index contributed by atoms with van der Waals surface area (Å²) in [6, 6.07) is 6.59. The Morgan fingerprint density at radius 2 is 1.68 bits per heavy atom. The van der Waals surface area contributed by atoms with Crippen LogP contribution in [0.3, 0.4) is 0 Å². The molecule has 4 nitrogen and oxygen atoms in total. The molecule has 0 amide bonds. The van der Waals surface area contributed by atoms with E-state index in [2.05, 4.69) is 50.9 Å². The van der Waals surface area contributed by atoms with Crippen LogP contribution in [0.4, 0.5) is 0 Å². The standard InChI is InChI=1S/C17H23N2O2.3C4H9.Sn/c1-19-8-5-17(6-9-19)12-15-11-14(3-4-16(15)21-17)13-18-7-10-20-2;3*1-3-4-2;/h3-4,11,13H,2,5-10,12H2,1H3;3*1,3-4H2,2H3;/b18-13+;;;;. The van der Waals surface area contributed by atoms with Gasteiger partial charge in [-0.25, -0.2) is 0 Å². The van der Waals surface area contributed by atoms with Gasteiger partial charge in [-0.3, -0.25) is 0 Å². The van der Waals surface area contributed by atoms with Gasteiger partial charge in [0.2, 0.25) is 0 Å². The molecule has 2 aliphatic heterocycles. The van der Waals surface area contributed by atoms with Crippen molar-refractivity contribution in [1.29, 1.82) is 0 Å². The third-order valence-corrected chi connectivity index (χ3v) is 22.5. The molecule has 2 aliphatic rings. The minimum atomic E-state index is -2.17. The van der Waals surface area contributed by atoms with Gasteiger partial charge in [-0.1, -0.05) is 0 Å². The molecule has 2 heterocycles. The maximum atomic E-state index is 6.43. The first-order valence-corrected chi connectivity index (χ1v) is 22.2. The Labute approximate surface area is 213 Å². The Morgan fingerprint density at radius 1 is 1.03 bits per heavy atom. The van der Waals surface area contributed by atoms with Crippen molar-refractivity contribution in [3.63, 3.8) is 0 Å². The topological polar surface area (TPSA) is 34.1 Å². The van der Waals surface area contributed by atoms with E-state index in [1.807, 2.05) is 6.21 Å². The van der Waals surface area contributed by atoms with E-state index in [1.165, 1.54) is 63.0 Å². The molecule has 3 rings (SSSR count). The predicted octanol–water partition coefficient (Wildman–Crippen LogP) is 6.91. The van der Waals surface area contributed by atoms with E-state index in [1.54, 1.807) is 0 Å². The van der Waals surface area contributed by atoms with E-state index in [0.717, 1.165) is 55.9 Å². The van der Waals surface area contributed by atoms with Crippen molar-refractivity contribution in [2.45, 2.75) is 97.5 Å². The monoisotopic (exact) mass is 578 g/mol. The van der Waals surface area contributed by atoms with Crippen LogP contribution >= 0.6 is 0 Å². The molecule has 1 aromatic carbocycles. The van der Waals surface area contributed by atoms with E-state index >= 15 is 0 Å². The number of rotatable bonds is 15. The Balaban J connectivity index is 1.47. The number of hydrogen-bond acceptors (Lipinski definition) is 4. The van der Waals surface area contributed by atoms with Crippen LogP contribution in [0.2, 0.25) is 13.3 Å². The van der Waals surface area contributed by atoms with Crippen LogP contribution in [-0.2, 0) is 11.2 Å². The fraction of sp³-hybridized carbons (Fsp3) is 0.759. The van der Waals surface area contributed by atoms with E-state index in [-0.39, 0.29) is 5.60 Å². The van der Waals surface area contributed by atoms with Gasteiger partial charge in [-0.15, -0.1) is 0 Å². The molecule has 0 atom stereocenters. The van der Waals surface area contributed by atoms with E-state index in [4.69, 9.17) is 14.5 Å². The van der Waals surface area contributed by atoms with Crippen LogP contribution in [0.5, 0.6) is 5.75 Å². The first-order valence-electron chi connectivity index (χ1n) is 14.1. The van der Waals surface area contributed by atoms with Gasteiger partial charge in [0.25, 0.3) is 0 Å². The molecule has 0 N–H and O–H groups in total. The van der Waals surface area contributed by atoms with Crippen LogP contribution < -0.4 is 4.74 Å². The Morgan fingerprint density at radius 3 is 2.29 bits per heavy atom. The van der Waals surface area contributed by atoms with Gasteiger partial charge in [-0.2, -0.15) is 0 Å². The molecule has 0 saturated carbocycles. The molecule has 0 radical (unpaired) electrons. The molecular formula is C29H50N2O2Sn. The van der Waals surface area contributed by atoms with Crippen molar-refractivity contribution in [3.05, 3.63) is 29.3 Å². The van der Waals surface area contributed by atoms with Crippen molar-refractivity contribution in [2.75, 3.05) is 37.9 Å². The quantitative estimate of drug-likeness (QED) is 0.129. The number of hydrogen-bond donors (Lipinski definition) is 0. The molecule has 0 bridgehead atoms. The third-order valence-electron chi connectivity index (χ3n) is 8.02. The normalized spacial score (nSPS) is 18.0. The van der Waals surface area contributed by atoms with E-state index in [0.29, 0.717) is 0 Å². The first kappa shape index (κ1) is 28.0. The minimum absolute atomic E-state index is 0.0319. The summed E-state index contributed by atoms with van der Waals surface area (Å²) in [7, 11) is 2.21. The van der Waals surface area contributed by atoms with Gasteiger partial charge < -0.3 is 4.90 Å². The zero-order valence-electron chi connectivity index (χ0n) is 22.5. The van der Waals surface area contributed by atoms with Gasteiger partial charge in [0.15, 0.2) is 0 Å². The van der Waals surface area contributed by atoms with Gasteiger partial charge in [0.05, 0.1) is 0 Å². The van der Waals surface area contributed by atoms with Crippen molar-refractivity contribution in [2.24, 2.45) is 4.99 Å². The molecule has 0 unspecified atom stereocenters. The number of ether oxygens (including phenoxy) is 2. The van der Waals surface area contributed by atoms with Crippen LogP contribution in [0.15, 0.2) is 23.2 Å². The Bertz CT molecular complexity index is 737. The summed E-state index contributed by atoms with van der Waals surface area (Å²) in [6.07, 6.45) is 13.5. The number of aliphatic imine (C=N–C) groups is 1. The number of likely N-dealkylation sites (tertiary alicyclic amines) is 1. The van der Waals surface area contributed by atoms with Gasteiger partial charge in [0.1, 0.15) is 0 Å². The fourth-order valence-corrected chi connectivity index (χ4v) is 20.1.